The summed E-state index contributed by atoms with van der Waals surface area (Å²) in [4.78, 5) is 16.0. The molecular weight excluding hydrogens is 254 g/mol. The Morgan fingerprint density at radius 2 is 2.05 bits per heavy atom. The first-order valence-electron chi connectivity index (χ1n) is 7.27. The van der Waals surface area contributed by atoms with Gasteiger partial charge in [-0.15, -0.1) is 0 Å². The van der Waals surface area contributed by atoms with E-state index in [0.717, 1.165) is 31.6 Å². The second-order valence-electron chi connectivity index (χ2n) is 4.64. The highest BCUT2D eigenvalue weighted by Gasteiger charge is 2.08. The third-order valence-corrected chi connectivity index (χ3v) is 3.07. The summed E-state index contributed by atoms with van der Waals surface area (Å²) in [7, 11) is 0. The molecule has 0 bridgehead atoms. The van der Waals surface area contributed by atoms with E-state index in [1.54, 1.807) is 6.20 Å². The first-order chi connectivity index (χ1) is 9.69. The van der Waals surface area contributed by atoms with Crippen molar-refractivity contribution in [1.29, 1.82) is 0 Å². The lowest BCUT2D eigenvalue weighted by Gasteiger charge is -2.14. The maximum atomic E-state index is 11.7. The number of ether oxygens (including phenoxy) is 1. The van der Waals surface area contributed by atoms with Crippen LogP contribution in [0, 0.1) is 0 Å². The highest BCUT2D eigenvalue weighted by Crippen LogP contribution is 2.09. The molecule has 1 heterocycles. The lowest BCUT2D eigenvalue weighted by molar-refractivity contribution is -0.123. The van der Waals surface area contributed by atoms with Crippen molar-refractivity contribution in [2.45, 2.75) is 46.2 Å². The number of hydrogen-bond donors (Lipinski definition) is 2. The van der Waals surface area contributed by atoms with Gasteiger partial charge in [0.15, 0.2) is 6.61 Å². The summed E-state index contributed by atoms with van der Waals surface area (Å²) in [5.74, 6) is 0.528. The Morgan fingerprint density at radius 3 is 2.60 bits per heavy atom. The number of aromatic nitrogens is 1. The van der Waals surface area contributed by atoms with Gasteiger partial charge in [0.2, 0.25) is 0 Å². The van der Waals surface area contributed by atoms with Crippen LogP contribution >= 0.6 is 0 Å². The molecule has 5 heteroatoms. The first-order valence-corrected chi connectivity index (χ1v) is 7.27. The summed E-state index contributed by atoms with van der Waals surface area (Å²) in [6.45, 7) is 7.85. The normalized spacial score (nSPS) is 10.6. The van der Waals surface area contributed by atoms with Gasteiger partial charge in [-0.25, -0.2) is 0 Å². The first kappa shape index (κ1) is 16.4. The van der Waals surface area contributed by atoms with Crippen molar-refractivity contribution in [2.75, 3.05) is 13.2 Å². The van der Waals surface area contributed by atoms with Gasteiger partial charge in [0.05, 0.1) is 11.9 Å². The number of rotatable bonds is 9. The van der Waals surface area contributed by atoms with E-state index in [2.05, 4.69) is 36.4 Å². The van der Waals surface area contributed by atoms with Gasteiger partial charge in [-0.3, -0.25) is 9.78 Å². The molecule has 0 atom stereocenters. The average molecular weight is 279 g/mol. The number of hydrogen-bond acceptors (Lipinski definition) is 4. The fourth-order valence-electron chi connectivity index (χ4n) is 1.76. The molecule has 0 saturated heterocycles. The lowest BCUT2D eigenvalue weighted by Crippen LogP contribution is -2.37. The summed E-state index contributed by atoms with van der Waals surface area (Å²) in [6.07, 6.45) is 3.52. The van der Waals surface area contributed by atoms with Crippen LogP contribution < -0.4 is 15.4 Å². The molecule has 0 aliphatic carbocycles. The maximum absolute atomic E-state index is 11.7. The van der Waals surface area contributed by atoms with Crippen LogP contribution in [0.4, 0.5) is 0 Å². The fourth-order valence-corrected chi connectivity index (χ4v) is 1.76. The molecule has 0 fully saturated rings. The van der Waals surface area contributed by atoms with E-state index < -0.39 is 0 Å². The Kier molecular flexibility index (Phi) is 7.65. The second-order valence-corrected chi connectivity index (χ2v) is 4.64. The minimum Gasteiger partial charge on any atom is -0.482 e. The Hall–Kier alpha value is -1.62. The van der Waals surface area contributed by atoms with Gasteiger partial charge in [-0.2, -0.15) is 0 Å². The number of carbonyl (C=O) groups is 1. The SMILES string of the molecule is CCNCc1ccc(OCC(=O)NC(CC)CC)cn1. The summed E-state index contributed by atoms with van der Waals surface area (Å²) >= 11 is 0. The number of nitrogens with one attached hydrogen (secondary N) is 2. The van der Waals surface area contributed by atoms with Gasteiger partial charge in [-0.1, -0.05) is 20.8 Å². The van der Waals surface area contributed by atoms with E-state index in [1.807, 2.05) is 12.1 Å². The smallest absolute Gasteiger partial charge is 0.258 e. The molecule has 1 aromatic rings. The van der Waals surface area contributed by atoms with Gasteiger partial charge >= 0.3 is 0 Å². The molecule has 1 aromatic heterocycles. The van der Waals surface area contributed by atoms with Gasteiger partial charge in [-0.05, 0) is 31.5 Å². The fraction of sp³-hybridized carbons (Fsp3) is 0.600. The highest BCUT2D eigenvalue weighted by atomic mass is 16.5. The summed E-state index contributed by atoms with van der Waals surface area (Å²) in [5, 5.41) is 6.13. The van der Waals surface area contributed by atoms with Crippen LogP contribution in [0.15, 0.2) is 18.3 Å². The quantitative estimate of drug-likeness (QED) is 0.724. The van der Waals surface area contributed by atoms with Gasteiger partial charge in [0.25, 0.3) is 5.91 Å². The van der Waals surface area contributed by atoms with Gasteiger partial charge < -0.3 is 15.4 Å². The molecule has 112 valence electrons. The van der Waals surface area contributed by atoms with Crippen molar-refractivity contribution in [2.24, 2.45) is 0 Å². The molecule has 0 aliphatic rings. The predicted molar refractivity (Wildman–Crippen MR) is 79.6 cm³/mol. The van der Waals surface area contributed by atoms with Gasteiger partial charge in [0, 0.05) is 12.6 Å². The Morgan fingerprint density at radius 1 is 1.30 bits per heavy atom. The minimum absolute atomic E-state index is 0.0325. The summed E-state index contributed by atoms with van der Waals surface area (Å²) in [5.41, 5.74) is 0.959. The van der Waals surface area contributed by atoms with Crippen molar-refractivity contribution in [3.8, 4) is 5.75 Å². The van der Waals surface area contributed by atoms with Crippen LogP contribution in [0.2, 0.25) is 0 Å². The predicted octanol–water partition coefficient (Wildman–Crippen LogP) is 1.87. The molecular formula is C15H25N3O2. The van der Waals surface area contributed by atoms with Gasteiger partial charge in [0.1, 0.15) is 5.75 Å². The lowest BCUT2D eigenvalue weighted by atomic mass is 10.2. The molecule has 0 aromatic carbocycles. The molecule has 20 heavy (non-hydrogen) atoms. The zero-order valence-corrected chi connectivity index (χ0v) is 12.6. The van der Waals surface area contributed by atoms with E-state index in [1.165, 1.54) is 0 Å². The van der Waals surface area contributed by atoms with Crippen LogP contribution in [0.25, 0.3) is 0 Å². The van der Waals surface area contributed by atoms with Crippen molar-refractivity contribution >= 4 is 5.91 Å². The molecule has 0 spiro atoms. The minimum atomic E-state index is -0.0876. The Balaban J connectivity index is 2.35. The second kappa shape index (κ2) is 9.31. The van der Waals surface area contributed by atoms with Crippen LogP contribution in [0.5, 0.6) is 5.75 Å². The zero-order valence-electron chi connectivity index (χ0n) is 12.6. The molecule has 0 radical (unpaired) electrons. The monoisotopic (exact) mass is 279 g/mol. The zero-order chi connectivity index (χ0) is 14.8. The van der Waals surface area contributed by atoms with Crippen LogP contribution in [-0.4, -0.2) is 30.1 Å². The van der Waals surface area contributed by atoms with Crippen LogP contribution in [0.3, 0.4) is 0 Å². The average Bonchev–Trinajstić information content (AvgIpc) is 2.49. The number of pyridine rings is 1. The Bertz CT molecular complexity index is 389. The highest BCUT2D eigenvalue weighted by molar-refractivity contribution is 5.77. The summed E-state index contributed by atoms with van der Waals surface area (Å²) in [6, 6.07) is 3.97. The molecule has 0 unspecified atom stereocenters. The molecule has 1 rings (SSSR count). The van der Waals surface area contributed by atoms with Crippen LogP contribution in [-0.2, 0) is 11.3 Å². The molecule has 0 aliphatic heterocycles. The standard InChI is InChI=1S/C15H25N3O2/c1-4-12(5-2)18-15(19)11-20-14-8-7-13(17-10-14)9-16-6-3/h7-8,10,12,16H,4-6,9,11H2,1-3H3,(H,18,19). The third kappa shape index (κ3) is 6.02. The van der Waals surface area contributed by atoms with E-state index >= 15 is 0 Å². The Labute approximate surface area is 121 Å². The largest absolute Gasteiger partial charge is 0.482 e. The summed E-state index contributed by atoms with van der Waals surface area (Å²) < 4.78 is 5.42. The van der Waals surface area contributed by atoms with Crippen LogP contribution in [0.1, 0.15) is 39.3 Å². The van der Waals surface area contributed by atoms with Crippen molar-refractivity contribution in [3.05, 3.63) is 24.0 Å². The topological polar surface area (TPSA) is 63.2 Å². The van der Waals surface area contributed by atoms with E-state index in [0.29, 0.717) is 5.75 Å². The molecule has 1 amide bonds. The molecule has 5 nitrogen and oxygen atoms in total. The number of carbonyl (C=O) groups excluding carboxylic acids is 1. The molecule has 0 saturated carbocycles. The van der Waals surface area contributed by atoms with E-state index in [-0.39, 0.29) is 18.6 Å². The maximum Gasteiger partial charge on any atom is 0.258 e. The van der Waals surface area contributed by atoms with E-state index in [4.69, 9.17) is 4.74 Å². The van der Waals surface area contributed by atoms with E-state index in [9.17, 15) is 4.79 Å². The molecule has 2 N–H and O–H groups in total. The number of nitrogens with zero attached hydrogens (tertiary/aromatic N) is 1. The van der Waals surface area contributed by atoms with Crippen molar-refractivity contribution in [3.63, 3.8) is 0 Å². The van der Waals surface area contributed by atoms with Crippen molar-refractivity contribution < 1.29 is 9.53 Å². The van der Waals surface area contributed by atoms with Crippen molar-refractivity contribution in [1.82, 2.24) is 15.6 Å². The number of amides is 1. The third-order valence-electron chi connectivity index (χ3n) is 3.07.